The van der Waals surface area contributed by atoms with Gasteiger partial charge in [0.15, 0.2) is 5.82 Å². The molecule has 1 aromatic heterocycles. The van der Waals surface area contributed by atoms with Gasteiger partial charge >= 0.3 is 0 Å². The van der Waals surface area contributed by atoms with Crippen LogP contribution in [0.25, 0.3) is 0 Å². The number of nitrogens with zero attached hydrogens (tertiary/aromatic N) is 1. The monoisotopic (exact) mass is 206 g/mol. The molecule has 1 rings (SSSR count). The van der Waals surface area contributed by atoms with Gasteiger partial charge in [-0.15, -0.1) is 0 Å². The van der Waals surface area contributed by atoms with E-state index >= 15 is 0 Å². The van der Waals surface area contributed by atoms with Crippen LogP contribution in [0.2, 0.25) is 5.02 Å². The summed E-state index contributed by atoms with van der Waals surface area (Å²) in [6.07, 6.45) is 2.50. The van der Waals surface area contributed by atoms with E-state index in [9.17, 15) is 8.42 Å². The SMILES string of the molecule is CS(=O)(=O)Nc1ncccc1Cl. The topological polar surface area (TPSA) is 59.1 Å². The molecule has 0 atom stereocenters. The fourth-order valence-corrected chi connectivity index (χ4v) is 1.38. The van der Waals surface area contributed by atoms with E-state index in [-0.39, 0.29) is 10.8 Å². The van der Waals surface area contributed by atoms with Crippen LogP contribution in [0.1, 0.15) is 0 Å². The first-order valence-corrected chi connectivity index (χ1v) is 5.34. The van der Waals surface area contributed by atoms with E-state index in [2.05, 4.69) is 9.71 Å². The fraction of sp³-hybridized carbons (Fsp3) is 0.167. The van der Waals surface area contributed by atoms with E-state index in [1.165, 1.54) is 6.20 Å². The van der Waals surface area contributed by atoms with Gasteiger partial charge in [0, 0.05) is 6.20 Å². The minimum atomic E-state index is -3.30. The van der Waals surface area contributed by atoms with Crippen LogP contribution in [0, 0.1) is 0 Å². The number of halogens is 1. The van der Waals surface area contributed by atoms with Crippen molar-refractivity contribution in [2.24, 2.45) is 0 Å². The molecule has 0 unspecified atom stereocenters. The molecule has 0 spiro atoms. The summed E-state index contributed by atoms with van der Waals surface area (Å²) in [7, 11) is -3.30. The van der Waals surface area contributed by atoms with E-state index in [0.717, 1.165) is 6.26 Å². The standard InChI is InChI=1S/C6H7ClN2O2S/c1-12(10,11)9-6-5(7)3-2-4-8-6/h2-4H,1H3,(H,8,9). The van der Waals surface area contributed by atoms with Gasteiger partial charge in [-0.1, -0.05) is 11.6 Å². The van der Waals surface area contributed by atoms with Gasteiger partial charge < -0.3 is 0 Å². The van der Waals surface area contributed by atoms with Crippen LogP contribution in [0.5, 0.6) is 0 Å². The number of hydrogen-bond acceptors (Lipinski definition) is 3. The zero-order valence-corrected chi connectivity index (χ0v) is 7.85. The van der Waals surface area contributed by atoms with Crippen LogP contribution in [0.15, 0.2) is 18.3 Å². The number of pyridine rings is 1. The molecule has 6 heteroatoms. The summed E-state index contributed by atoms with van der Waals surface area (Å²) in [5.74, 6) is 0.154. The van der Waals surface area contributed by atoms with Gasteiger partial charge in [0.25, 0.3) is 0 Å². The Hall–Kier alpha value is -0.810. The van der Waals surface area contributed by atoms with Gasteiger partial charge in [-0.25, -0.2) is 13.4 Å². The largest absolute Gasteiger partial charge is 0.266 e. The van der Waals surface area contributed by atoms with E-state index in [4.69, 9.17) is 11.6 Å². The predicted molar refractivity (Wildman–Crippen MR) is 47.7 cm³/mol. The molecule has 0 aliphatic heterocycles. The Balaban J connectivity index is 2.98. The third-order valence-corrected chi connectivity index (χ3v) is 1.91. The molecule has 0 aliphatic rings. The number of nitrogens with one attached hydrogen (secondary N) is 1. The van der Waals surface area contributed by atoms with Crippen molar-refractivity contribution in [1.29, 1.82) is 0 Å². The van der Waals surface area contributed by atoms with Crippen molar-refractivity contribution in [3.63, 3.8) is 0 Å². The highest BCUT2D eigenvalue weighted by atomic mass is 35.5. The second-order valence-electron chi connectivity index (χ2n) is 2.21. The first-order chi connectivity index (χ1) is 5.49. The van der Waals surface area contributed by atoms with E-state index in [1.54, 1.807) is 12.1 Å². The molecule has 0 amide bonds. The maximum atomic E-state index is 10.7. The van der Waals surface area contributed by atoms with Crippen LogP contribution in [-0.2, 0) is 10.0 Å². The molecule has 0 aromatic carbocycles. The highest BCUT2D eigenvalue weighted by Gasteiger charge is 2.05. The molecule has 0 saturated carbocycles. The molecule has 0 saturated heterocycles. The van der Waals surface area contributed by atoms with Crippen molar-refractivity contribution in [2.75, 3.05) is 11.0 Å². The quantitative estimate of drug-likeness (QED) is 0.789. The smallest absolute Gasteiger partial charge is 0.231 e. The van der Waals surface area contributed by atoms with Crippen molar-refractivity contribution < 1.29 is 8.42 Å². The second-order valence-corrected chi connectivity index (χ2v) is 4.36. The first-order valence-electron chi connectivity index (χ1n) is 3.07. The lowest BCUT2D eigenvalue weighted by molar-refractivity contribution is 0.606. The van der Waals surface area contributed by atoms with Gasteiger partial charge in [-0.05, 0) is 12.1 Å². The van der Waals surface area contributed by atoms with Crippen LogP contribution in [-0.4, -0.2) is 19.7 Å². The highest BCUT2D eigenvalue weighted by molar-refractivity contribution is 7.92. The lowest BCUT2D eigenvalue weighted by Gasteiger charge is -2.02. The lowest BCUT2D eigenvalue weighted by atomic mass is 10.5. The number of hydrogen-bond donors (Lipinski definition) is 1. The van der Waals surface area contributed by atoms with E-state index < -0.39 is 10.0 Å². The Labute approximate surface area is 75.6 Å². The Morgan fingerprint density at radius 3 is 2.75 bits per heavy atom. The lowest BCUT2D eigenvalue weighted by Crippen LogP contribution is -2.10. The first kappa shape index (κ1) is 9.28. The molecule has 12 heavy (non-hydrogen) atoms. The third kappa shape index (κ3) is 2.67. The molecule has 66 valence electrons. The van der Waals surface area contributed by atoms with Gasteiger partial charge in [0.05, 0.1) is 11.3 Å². The number of rotatable bonds is 2. The number of anilines is 1. The average molecular weight is 207 g/mol. The Kier molecular flexibility index (Phi) is 2.54. The Bertz CT molecular complexity index is 377. The molecule has 0 aliphatic carbocycles. The molecule has 1 heterocycles. The summed E-state index contributed by atoms with van der Waals surface area (Å²) in [6.45, 7) is 0. The molecule has 0 bridgehead atoms. The Morgan fingerprint density at radius 2 is 2.25 bits per heavy atom. The minimum absolute atomic E-state index is 0.154. The number of sulfonamides is 1. The summed E-state index contributed by atoms with van der Waals surface area (Å²) in [6, 6.07) is 3.18. The van der Waals surface area contributed by atoms with E-state index in [1.807, 2.05) is 0 Å². The van der Waals surface area contributed by atoms with Gasteiger partial charge in [-0.3, -0.25) is 4.72 Å². The molecular weight excluding hydrogens is 200 g/mol. The van der Waals surface area contributed by atoms with Crippen molar-refractivity contribution in [3.05, 3.63) is 23.4 Å². The molecule has 1 N–H and O–H groups in total. The zero-order valence-electron chi connectivity index (χ0n) is 6.28. The van der Waals surface area contributed by atoms with Gasteiger partial charge in [0.1, 0.15) is 0 Å². The van der Waals surface area contributed by atoms with Crippen molar-refractivity contribution in [2.45, 2.75) is 0 Å². The summed E-state index contributed by atoms with van der Waals surface area (Å²) >= 11 is 5.64. The van der Waals surface area contributed by atoms with Crippen LogP contribution in [0.4, 0.5) is 5.82 Å². The van der Waals surface area contributed by atoms with E-state index in [0.29, 0.717) is 0 Å². The molecule has 1 aromatic rings. The highest BCUT2D eigenvalue weighted by Crippen LogP contribution is 2.17. The fourth-order valence-electron chi connectivity index (χ4n) is 0.636. The summed E-state index contributed by atoms with van der Waals surface area (Å²) in [5, 5.41) is 0.280. The minimum Gasteiger partial charge on any atom is -0.266 e. The summed E-state index contributed by atoms with van der Waals surface area (Å²) in [4.78, 5) is 3.74. The molecular formula is C6H7ClN2O2S. The van der Waals surface area contributed by atoms with Crippen LogP contribution in [0.3, 0.4) is 0 Å². The third-order valence-electron chi connectivity index (χ3n) is 1.04. The summed E-state index contributed by atoms with van der Waals surface area (Å²) < 4.78 is 23.7. The second kappa shape index (κ2) is 3.28. The van der Waals surface area contributed by atoms with Gasteiger partial charge in [-0.2, -0.15) is 0 Å². The number of aromatic nitrogens is 1. The van der Waals surface area contributed by atoms with Crippen molar-refractivity contribution in [1.82, 2.24) is 4.98 Å². The maximum absolute atomic E-state index is 10.7. The molecule has 4 nitrogen and oxygen atoms in total. The van der Waals surface area contributed by atoms with Crippen molar-refractivity contribution >= 4 is 27.4 Å². The Morgan fingerprint density at radius 1 is 1.58 bits per heavy atom. The average Bonchev–Trinajstić information content (AvgIpc) is 1.91. The van der Waals surface area contributed by atoms with Crippen molar-refractivity contribution in [3.8, 4) is 0 Å². The van der Waals surface area contributed by atoms with Crippen LogP contribution < -0.4 is 4.72 Å². The zero-order chi connectivity index (χ0) is 9.19. The van der Waals surface area contributed by atoms with Gasteiger partial charge in [0.2, 0.25) is 10.0 Å². The molecule has 0 radical (unpaired) electrons. The summed E-state index contributed by atoms with van der Waals surface area (Å²) in [5.41, 5.74) is 0. The normalized spacial score (nSPS) is 11.2. The maximum Gasteiger partial charge on any atom is 0.231 e. The molecule has 0 fully saturated rings. The predicted octanol–water partition coefficient (Wildman–Crippen LogP) is 1.11. The van der Waals surface area contributed by atoms with Crippen LogP contribution >= 0.6 is 11.6 Å².